The number of fused-ring (bicyclic) bond motifs is 1. The van der Waals surface area contributed by atoms with E-state index in [0.717, 1.165) is 33.6 Å². The molecule has 0 heterocycles. The van der Waals surface area contributed by atoms with Gasteiger partial charge in [0, 0.05) is 0 Å². The van der Waals surface area contributed by atoms with Crippen LogP contribution in [0.2, 0.25) is 0 Å². The van der Waals surface area contributed by atoms with Gasteiger partial charge in [-0.05, 0) is 82.3 Å². The van der Waals surface area contributed by atoms with Crippen molar-refractivity contribution in [2.24, 2.45) is 0 Å². The van der Waals surface area contributed by atoms with Crippen molar-refractivity contribution in [1.82, 2.24) is 0 Å². The Kier molecular flexibility index (Phi) is 5.48. The average Bonchev–Trinajstić information content (AvgIpc) is 2.98. The summed E-state index contributed by atoms with van der Waals surface area (Å²) in [5.41, 5.74) is 5.96. The van der Waals surface area contributed by atoms with Crippen LogP contribution in [0.5, 0.6) is 5.75 Å². The van der Waals surface area contributed by atoms with Crippen molar-refractivity contribution in [3.63, 3.8) is 0 Å². The summed E-state index contributed by atoms with van der Waals surface area (Å²) in [5, 5.41) is 9.29. The molecule has 30 heavy (non-hydrogen) atoms. The second-order valence-corrected chi connectivity index (χ2v) is 7.27. The predicted molar refractivity (Wildman–Crippen MR) is 116 cm³/mol. The van der Waals surface area contributed by atoms with Gasteiger partial charge in [0.25, 0.3) is 0 Å². The number of aliphatic carboxylic acids is 1. The number of benzene rings is 3. The minimum Gasteiger partial charge on any atom is -0.489 e. The summed E-state index contributed by atoms with van der Waals surface area (Å²) >= 11 is 0. The molecule has 0 saturated heterocycles. The first kappa shape index (κ1) is 19.6. The summed E-state index contributed by atoms with van der Waals surface area (Å²) in [7, 11) is 0. The van der Waals surface area contributed by atoms with Crippen LogP contribution < -0.4 is 4.74 Å². The smallest absolute Gasteiger partial charge is 0.307 e. The Morgan fingerprint density at radius 3 is 2.57 bits per heavy atom. The van der Waals surface area contributed by atoms with E-state index in [2.05, 4.69) is 0 Å². The van der Waals surface area contributed by atoms with Crippen LogP contribution in [-0.4, -0.2) is 11.1 Å². The Balaban J connectivity index is 1.66. The maximum atomic E-state index is 13.8. The zero-order valence-corrected chi connectivity index (χ0v) is 16.6. The lowest BCUT2D eigenvalue weighted by Crippen LogP contribution is -1.97. The highest BCUT2D eigenvalue weighted by molar-refractivity contribution is 6.07. The summed E-state index contributed by atoms with van der Waals surface area (Å²) in [4.78, 5) is 11.3. The summed E-state index contributed by atoms with van der Waals surface area (Å²) < 4.78 is 19.7. The number of para-hydroxylation sites is 1. The summed E-state index contributed by atoms with van der Waals surface area (Å²) in [6, 6.07) is 22.2. The molecular weight excluding hydrogens is 379 g/mol. The zero-order valence-electron chi connectivity index (χ0n) is 16.6. The van der Waals surface area contributed by atoms with Gasteiger partial charge in [-0.1, -0.05) is 42.5 Å². The first-order chi connectivity index (χ1) is 14.5. The van der Waals surface area contributed by atoms with Crippen molar-refractivity contribution in [3.05, 3.63) is 106 Å². The summed E-state index contributed by atoms with van der Waals surface area (Å²) in [5.74, 6) is -0.489. The molecule has 1 N–H and O–H groups in total. The molecular formula is C26H21FO3. The fourth-order valence-electron chi connectivity index (χ4n) is 3.76. The van der Waals surface area contributed by atoms with Crippen molar-refractivity contribution >= 4 is 23.2 Å². The minimum absolute atomic E-state index is 0.134. The van der Waals surface area contributed by atoms with Crippen LogP contribution in [0.3, 0.4) is 0 Å². The number of allylic oxidation sites excluding steroid dienone is 2. The number of carbonyl (C=O) groups is 1. The van der Waals surface area contributed by atoms with Gasteiger partial charge in [-0.2, -0.15) is 0 Å². The number of rotatable bonds is 6. The molecule has 4 heteroatoms. The molecule has 3 nitrogen and oxygen atoms in total. The Labute approximate surface area is 174 Å². The van der Waals surface area contributed by atoms with E-state index in [1.807, 2.05) is 67.6 Å². The fraction of sp³-hybridized carbons (Fsp3) is 0.115. The van der Waals surface area contributed by atoms with Crippen molar-refractivity contribution in [2.75, 3.05) is 0 Å². The van der Waals surface area contributed by atoms with E-state index in [0.29, 0.717) is 17.7 Å². The average molecular weight is 400 g/mol. The highest BCUT2D eigenvalue weighted by atomic mass is 19.1. The molecule has 0 radical (unpaired) electrons. The minimum atomic E-state index is -0.930. The number of hydrogen-bond donors (Lipinski definition) is 1. The molecule has 0 bridgehead atoms. The normalized spacial score (nSPS) is 14.1. The van der Waals surface area contributed by atoms with Crippen molar-refractivity contribution in [3.8, 4) is 5.75 Å². The van der Waals surface area contributed by atoms with Gasteiger partial charge in [-0.25, -0.2) is 4.39 Å². The lowest BCUT2D eigenvalue weighted by molar-refractivity contribution is -0.135. The van der Waals surface area contributed by atoms with Gasteiger partial charge >= 0.3 is 5.97 Å². The van der Waals surface area contributed by atoms with E-state index in [1.165, 1.54) is 12.1 Å². The molecule has 0 aliphatic heterocycles. The molecule has 150 valence electrons. The van der Waals surface area contributed by atoms with Gasteiger partial charge in [-0.3, -0.25) is 4.79 Å². The van der Waals surface area contributed by atoms with Gasteiger partial charge in [-0.15, -0.1) is 0 Å². The van der Waals surface area contributed by atoms with Crippen LogP contribution >= 0.6 is 0 Å². The van der Waals surface area contributed by atoms with Gasteiger partial charge in [0.1, 0.15) is 18.2 Å². The molecule has 4 rings (SSSR count). The zero-order chi connectivity index (χ0) is 21.1. The number of carboxylic acid groups (broad SMARTS) is 1. The molecule has 1 aliphatic rings. The van der Waals surface area contributed by atoms with Crippen LogP contribution in [0.15, 0.2) is 78.4 Å². The maximum Gasteiger partial charge on any atom is 0.307 e. The standard InChI is InChI=1S/C26H21FO3/c1-17-23(22-11-10-20(27)14-25(22)24(17)15-26(28)29)13-18-6-5-7-19(12-18)16-30-21-8-3-2-4-9-21/h2-14H,15-16H2,1H3,(H,28,29)/b23-13-. The van der Waals surface area contributed by atoms with Gasteiger partial charge in [0.05, 0.1) is 6.42 Å². The Morgan fingerprint density at radius 1 is 1.00 bits per heavy atom. The molecule has 0 fully saturated rings. The van der Waals surface area contributed by atoms with E-state index in [9.17, 15) is 14.3 Å². The topological polar surface area (TPSA) is 46.5 Å². The third-order valence-corrected chi connectivity index (χ3v) is 5.19. The van der Waals surface area contributed by atoms with Gasteiger partial charge in [0.2, 0.25) is 0 Å². The molecule has 0 aromatic heterocycles. The lowest BCUT2D eigenvalue weighted by atomic mass is 10.00. The fourth-order valence-corrected chi connectivity index (χ4v) is 3.76. The second-order valence-electron chi connectivity index (χ2n) is 7.27. The molecule has 0 unspecified atom stereocenters. The monoisotopic (exact) mass is 400 g/mol. The molecule has 0 spiro atoms. The second kappa shape index (κ2) is 8.37. The third-order valence-electron chi connectivity index (χ3n) is 5.19. The van der Waals surface area contributed by atoms with Crippen LogP contribution in [0.4, 0.5) is 4.39 Å². The number of ether oxygens (including phenoxy) is 1. The van der Waals surface area contributed by atoms with Gasteiger partial charge in [0.15, 0.2) is 0 Å². The van der Waals surface area contributed by atoms with Crippen molar-refractivity contribution in [1.29, 1.82) is 0 Å². The SMILES string of the molecule is CC1=C(CC(=O)O)c2cc(F)ccc2/C1=C\c1cccc(COc2ccccc2)c1. The lowest BCUT2D eigenvalue weighted by Gasteiger charge is -2.08. The van der Waals surface area contributed by atoms with Crippen molar-refractivity contribution < 1.29 is 19.0 Å². The van der Waals surface area contributed by atoms with Crippen LogP contribution in [-0.2, 0) is 11.4 Å². The number of hydrogen-bond acceptors (Lipinski definition) is 2. The largest absolute Gasteiger partial charge is 0.489 e. The predicted octanol–water partition coefficient (Wildman–Crippen LogP) is 6.21. The number of carboxylic acids is 1. The molecule has 1 aliphatic carbocycles. The summed E-state index contributed by atoms with van der Waals surface area (Å²) in [6.45, 7) is 2.34. The molecule has 0 saturated carbocycles. The quantitative estimate of drug-likeness (QED) is 0.535. The molecule has 3 aromatic carbocycles. The van der Waals surface area contributed by atoms with Crippen LogP contribution in [0.1, 0.15) is 35.6 Å². The maximum absolute atomic E-state index is 13.8. The van der Waals surface area contributed by atoms with E-state index in [4.69, 9.17) is 4.74 Å². The highest BCUT2D eigenvalue weighted by Crippen LogP contribution is 2.43. The molecule has 0 amide bonds. The molecule has 0 atom stereocenters. The first-order valence-corrected chi connectivity index (χ1v) is 9.72. The highest BCUT2D eigenvalue weighted by Gasteiger charge is 2.25. The first-order valence-electron chi connectivity index (χ1n) is 9.72. The Bertz CT molecular complexity index is 1160. The number of halogens is 1. The van der Waals surface area contributed by atoms with E-state index < -0.39 is 5.97 Å². The Morgan fingerprint density at radius 2 is 1.80 bits per heavy atom. The molecule has 3 aromatic rings. The van der Waals surface area contributed by atoms with E-state index in [1.54, 1.807) is 6.07 Å². The van der Waals surface area contributed by atoms with Gasteiger partial charge < -0.3 is 9.84 Å². The summed E-state index contributed by atoms with van der Waals surface area (Å²) in [6.07, 6.45) is 1.89. The van der Waals surface area contributed by atoms with E-state index in [-0.39, 0.29) is 12.2 Å². The van der Waals surface area contributed by atoms with E-state index >= 15 is 0 Å². The Hall–Kier alpha value is -3.66. The van der Waals surface area contributed by atoms with Crippen LogP contribution in [0.25, 0.3) is 17.2 Å². The van der Waals surface area contributed by atoms with Crippen LogP contribution in [0, 0.1) is 5.82 Å². The van der Waals surface area contributed by atoms with Crippen molar-refractivity contribution in [2.45, 2.75) is 20.0 Å². The third kappa shape index (κ3) is 4.18.